The molecule has 0 unspecified atom stereocenters. The molecule has 0 spiro atoms. The number of aromatic nitrogens is 1. The molecule has 1 aliphatic rings. The molecule has 1 aromatic rings. The molecule has 0 aliphatic carbocycles. The summed E-state index contributed by atoms with van der Waals surface area (Å²) in [6.07, 6.45) is -3.11. The van der Waals surface area contributed by atoms with Crippen molar-refractivity contribution in [3.63, 3.8) is 0 Å². The molecule has 0 N–H and O–H groups in total. The molecule has 0 aromatic carbocycles. The summed E-state index contributed by atoms with van der Waals surface area (Å²) in [6.45, 7) is 1.64. The third-order valence-corrected chi connectivity index (χ3v) is 2.61. The first-order valence-electron chi connectivity index (χ1n) is 4.68. The highest BCUT2D eigenvalue weighted by Gasteiger charge is 2.34. The third-order valence-electron chi connectivity index (χ3n) is 2.61. The van der Waals surface area contributed by atoms with Crippen LogP contribution in [0.5, 0.6) is 0 Å². The summed E-state index contributed by atoms with van der Waals surface area (Å²) in [5, 5.41) is 0. The van der Waals surface area contributed by atoms with Gasteiger partial charge in [-0.3, -0.25) is 4.98 Å². The lowest BCUT2D eigenvalue weighted by Crippen LogP contribution is -2.41. The van der Waals surface area contributed by atoms with Gasteiger partial charge in [-0.25, -0.2) is 0 Å². The van der Waals surface area contributed by atoms with Gasteiger partial charge < -0.3 is 4.90 Å². The van der Waals surface area contributed by atoms with Gasteiger partial charge in [0.1, 0.15) is 5.69 Å². The fourth-order valence-corrected chi connectivity index (χ4v) is 1.77. The van der Waals surface area contributed by atoms with E-state index in [1.165, 1.54) is 6.20 Å². The Morgan fingerprint density at radius 1 is 1.40 bits per heavy atom. The predicted octanol–water partition coefficient (Wildman–Crippen LogP) is 2.13. The molecular formula is C10H11F3N2. The van der Waals surface area contributed by atoms with Crippen LogP contribution in [0.3, 0.4) is 0 Å². The summed E-state index contributed by atoms with van der Waals surface area (Å²) in [7, 11) is 1.95. The van der Waals surface area contributed by atoms with Gasteiger partial charge in [0, 0.05) is 25.2 Å². The largest absolute Gasteiger partial charge is 0.433 e. The minimum atomic E-state index is -4.34. The Labute approximate surface area is 85.7 Å². The van der Waals surface area contributed by atoms with Crippen molar-refractivity contribution in [2.24, 2.45) is 0 Å². The van der Waals surface area contributed by atoms with Crippen LogP contribution in [0.2, 0.25) is 0 Å². The molecule has 2 nitrogen and oxygen atoms in total. The lowest BCUT2D eigenvalue weighted by atomic mass is 9.92. The van der Waals surface area contributed by atoms with Crippen LogP contribution in [0.1, 0.15) is 17.2 Å². The van der Waals surface area contributed by atoms with Crippen LogP contribution in [0, 0.1) is 0 Å². The zero-order valence-corrected chi connectivity index (χ0v) is 8.25. The van der Waals surface area contributed by atoms with Crippen LogP contribution in [0.4, 0.5) is 13.2 Å². The third kappa shape index (κ3) is 2.12. The molecule has 0 bridgehead atoms. The molecule has 1 saturated heterocycles. The average molecular weight is 216 g/mol. The number of hydrogen-bond donors (Lipinski definition) is 0. The Morgan fingerprint density at radius 3 is 2.60 bits per heavy atom. The van der Waals surface area contributed by atoms with Crippen molar-refractivity contribution in [1.29, 1.82) is 0 Å². The Kier molecular flexibility index (Phi) is 2.42. The summed E-state index contributed by atoms with van der Waals surface area (Å²) >= 11 is 0. The van der Waals surface area contributed by atoms with Crippen LogP contribution >= 0.6 is 0 Å². The van der Waals surface area contributed by atoms with Gasteiger partial charge in [0.05, 0.1) is 0 Å². The van der Waals surface area contributed by atoms with Crippen molar-refractivity contribution in [3.8, 4) is 0 Å². The monoisotopic (exact) mass is 216 g/mol. The second-order valence-corrected chi connectivity index (χ2v) is 3.89. The van der Waals surface area contributed by atoms with Crippen LogP contribution in [0.25, 0.3) is 0 Å². The maximum Gasteiger partial charge on any atom is 0.433 e. The highest BCUT2D eigenvalue weighted by molar-refractivity contribution is 5.24. The van der Waals surface area contributed by atoms with E-state index < -0.39 is 11.9 Å². The number of pyridine rings is 1. The van der Waals surface area contributed by atoms with E-state index in [0.717, 1.165) is 24.7 Å². The smallest absolute Gasteiger partial charge is 0.305 e. The number of hydrogen-bond acceptors (Lipinski definition) is 2. The molecule has 5 heteroatoms. The summed E-state index contributed by atoms with van der Waals surface area (Å²) in [5.74, 6) is 0.221. The van der Waals surface area contributed by atoms with Crippen molar-refractivity contribution in [1.82, 2.24) is 9.88 Å². The van der Waals surface area contributed by atoms with Crippen LogP contribution < -0.4 is 0 Å². The lowest BCUT2D eigenvalue weighted by Gasteiger charge is -2.36. The van der Waals surface area contributed by atoms with E-state index in [2.05, 4.69) is 9.88 Å². The van der Waals surface area contributed by atoms with E-state index >= 15 is 0 Å². The zero-order chi connectivity index (χ0) is 11.1. The molecule has 2 rings (SSSR count). The van der Waals surface area contributed by atoms with Gasteiger partial charge in [-0.1, -0.05) is 0 Å². The van der Waals surface area contributed by atoms with Crippen molar-refractivity contribution in [2.45, 2.75) is 12.1 Å². The molecule has 15 heavy (non-hydrogen) atoms. The molecule has 1 aliphatic heterocycles. The maximum absolute atomic E-state index is 12.4. The number of likely N-dealkylation sites (N-methyl/N-ethyl adjacent to an activating group) is 1. The van der Waals surface area contributed by atoms with Crippen molar-refractivity contribution >= 4 is 0 Å². The Balaban J connectivity index is 2.20. The average Bonchev–Trinajstić information content (AvgIpc) is 2.12. The molecule has 0 radical (unpaired) electrons. The molecule has 1 fully saturated rings. The van der Waals surface area contributed by atoms with Gasteiger partial charge in [-0.2, -0.15) is 13.2 Å². The fraction of sp³-hybridized carbons (Fsp3) is 0.500. The number of alkyl halides is 3. The fourth-order valence-electron chi connectivity index (χ4n) is 1.77. The summed E-state index contributed by atoms with van der Waals surface area (Å²) in [6, 6.07) is 2.81. The standard InChI is InChI=1S/C10H11F3N2/c1-15-5-8(6-15)7-2-3-14-9(4-7)10(11,12)13/h2-4,8H,5-6H2,1H3. The van der Waals surface area contributed by atoms with Crippen molar-refractivity contribution < 1.29 is 13.2 Å². The summed E-state index contributed by atoms with van der Waals surface area (Å²) in [5.41, 5.74) is -0.0648. The number of halogens is 3. The van der Waals surface area contributed by atoms with E-state index in [9.17, 15) is 13.2 Å². The minimum absolute atomic E-state index is 0.221. The summed E-state index contributed by atoms with van der Waals surface area (Å²) < 4.78 is 37.1. The molecule has 2 heterocycles. The van der Waals surface area contributed by atoms with Crippen LogP contribution in [0.15, 0.2) is 18.3 Å². The second-order valence-electron chi connectivity index (χ2n) is 3.89. The van der Waals surface area contributed by atoms with Gasteiger partial charge >= 0.3 is 6.18 Å². The van der Waals surface area contributed by atoms with Gasteiger partial charge in [-0.15, -0.1) is 0 Å². The van der Waals surface area contributed by atoms with E-state index in [4.69, 9.17) is 0 Å². The van der Waals surface area contributed by atoms with Crippen molar-refractivity contribution in [3.05, 3.63) is 29.6 Å². The molecule has 0 amide bonds. The van der Waals surface area contributed by atoms with Crippen molar-refractivity contribution in [2.75, 3.05) is 20.1 Å². The first-order valence-corrected chi connectivity index (χ1v) is 4.68. The number of likely N-dealkylation sites (tertiary alicyclic amines) is 1. The topological polar surface area (TPSA) is 16.1 Å². The molecule has 0 saturated carbocycles. The zero-order valence-electron chi connectivity index (χ0n) is 8.25. The molecular weight excluding hydrogens is 205 g/mol. The maximum atomic E-state index is 12.4. The van der Waals surface area contributed by atoms with E-state index in [1.807, 2.05) is 7.05 Å². The number of rotatable bonds is 1. The highest BCUT2D eigenvalue weighted by Crippen LogP contribution is 2.31. The molecule has 0 atom stereocenters. The first kappa shape index (κ1) is 10.4. The Hall–Kier alpha value is -1.10. The quantitative estimate of drug-likeness (QED) is 0.714. The van der Waals surface area contributed by atoms with Gasteiger partial charge in [-0.05, 0) is 24.7 Å². The molecule has 1 aromatic heterocycles. The van der Waals surface area contributed by atoms with E-state index in [-0.39, 0.29) is 5.92 Å². The minimum Gasteiger partial charge on any atom is -0.305 e. The highest BCUT2D eigenvalue weighted by atomic mass is 19.4. The molecule has 82 valence electrons. The SMILES string of the molecule is CN1CC(c2ccnc(C(F)(F)F)c2)C1. The number of nitrogens with zero attached hydrogens (tertiary/aromatic N) is 2. The summed E-state index contributed by atoms with van der Waals surface area (Å²) in [4.78, 5) is 5.40. The van der Waals surface area contributed by atoms with Crippen LogP contribution in [-0.2, 0) is 6.18 Å². The van der Waals surface area contributed by atoms with Gasteiger partial charge in [0.15, 0.2) is 0 Å². The lowest BCUT2D eigenvalue weighted by molar-refractivity contribution is -0.141. The second kappa shape index (κ2) is 3.48. The van der Waals surface area contributed by atoms with E-state index in [1.54, 1.807) is 6.07 Å². The van der Waals surface area contributed by atoms with E-state index in [0.29, 0.717) is 0 Å². The Bertz CT molecular complexity index is 356. The Morgan fingerprint density at radius 2 is 2.07 bits per heavy atom. The van der Waals surface area contributed by atoms with Gasteiger partial charge in [0.25, 0.3) is 0 Å². The van der Waals surface area contributed by atoms with Gasteiger partial charge in [0.2, 0.25) is 0 Å². The first-order chi connectivity index (χ1) is 6.97. The normalized spacial score (nSPS) is 18.9. The van der Waals surface area contributed by atoms with Crippen LogP contribution in [-0.4, -0.2) is 30.0 Å². The predicted molar refractivity (Wildman–Crippen MR) is 49.5 cm³/mol.